The first-order valence-corrected chi connectivity index (χ1v) is 10.8. The van der Waals surface area contributed by atoms with Crippen LogP contribution < -0.4 is 10.2 Å². The average Bonchev–Trinajstić information content (AvgIpc) is 3.39. The van der Waals surface area contributed by atoms with Gasteiger partial charge in [-0.05, 0) is 72.4 Å². The van der Waals surface area contributed by atoms with Gasteiger partial charge in [-0.25, -0.2) is 0 Å². The molecule has 0 aliphatic carbocycles. The molecule has 0 saturated carbocycles. The number of nitrogens with zero attached hydrogens (tertiary/aromatic N) is 4. The number of nitrogens with one attached hydrogen (secondary N) is 1. The second-order valence-corrected chi connectivity index (χ2v) is 8.22. The predicted molar refractivity (Wildman–Crippen MR) is 127 cm³/mol. The van der Waals surface area contributed by atoms with Crippen molar-refractivity contribution >= 4 is 34.6 Å². The van der Waals surface area contributed by atoms with E-state index in [4.69, 9.17) is 23.8 Å². The van der Waals surface area contributed by atoms with Gasteiger partial charge in [0.2, 0.25) is 0 Å². The Hall–Kier alpha value is -3.22. The van der Waals surface area contributed by atoms with Crippen LogP contribution >= 0.6 is 23.8 Å². The lowest BCUT2D eigenvalue weighted by molar-refractivity contribution is 0.533. The molecule has 0 spiro atoms. The molecule has 1 aromatic carbocycles. The summed E-state index contributed by atoms with van der Waals surface area (Å²) in [7, 11) is 0. The summed E-state index contributed by atoms with van der Waals surface area (Å²) in [6.45, 7) is 0.725. The number of aromatic nitrogens is 3. The fraction of sp³-hybridized carbons (Fsp3) is 0.125. The van der Waals surface area contributed by atoms with Crippen LogP contribution in [0, 0.1) is 0 Å². The van der Waals surface area contributed by atoms with Crippen LogP contribution in [-0.4, -0.2) is 19.6 Å². The van der Waals surface area contributed by atoms with Gasteiger partial charge >= 0.3 is 0 Å². The first-order chi connectivity index (χ1) is 15.2. The molecule has 5 nitrogen and oxygen atoms in total. The summed E-state index contributed by atoms with van der Waals surface area (Å²) in [5.74, 6) is 0. The van der Waals surface area contributed by atoms with E-state index in [1.165, 1.54) is 0 Å². The molecular weight excluding hydrogens is 426 g/mol. The number of rotatable bonds is 5. The van der Waals surface area contributed by atoms with E-state index < -0.39 is 0 Å². The molecule has 7 heteroatoms. The van der Waals surface area contributed by atoms with Gasteiger partial charge in [0.05, 0.1) is 11.7 Å². The minimum absolute atomic E-state index is 0.0738. The van der Waals surface area contributed by atoms with E-state index in [-0.39, 0.29) is 12.1 Å². The van der Waals surface area contributed by atoms with Crippen molar-refractivity contribution in [1.29, 1.82) is 0 Å². The second kappa shape index (κ2) is 8.49. The molecule has 4 heterocycles. The first kappa shape index (κ1) is 19.7. The Morgan fingerprint density at radius 3 is 2.58 bits per heavy atom. The molecule has 1 saturated heterocycles. The number of hydrogen-bond acceptors (Lipinski definition) is 3. The quantitative estimate of drug-likeness (QED) is 0.430. The van der Waals surface area contributed by atoms with Gasteiger partial charge in [0.15, 0.2) is 5.11 Å². The van der Waals surface area contributed by atoms with Crippen molar-refractivity contribution in [3.8, 4) is 0 Å². The molecule has 2 atom stereocenters. The fourth-order valence-corrected chi connectivity index (χ4v) is 4.54. The number of thiocarbonyl (C=S) groups is 1. The molecule has 5 rings (SSSR count). The van der Waals surface area contributed by atoms with Gasteiger partial charge in [-0.3, -0.25) is 9.97 Å². The second-order valence-electron chi connectivity index (χ2n) is 7.40. The van der Waals surface area contributed by atoms with E-state index in [1.807, 2.05) is 60.9 Å². The lowest BCUT2D eigenvalue weighted by Crippen LogP contribution is -2.30. The average molecular weight is 446 g/mol. The highest BCUT2D eigenvalue weighted by Gasteiger charge is 2.41. The van der Waals surface area contributed by atoms with Crippen LogP contribution in [0.4, 0.5) is 5.69 Å². The molecule has 1 N–H and O–H groups in total. The Kier molecular flexibility index (Phi) is 5.40. The maximum Gasteiger partial charge on any atom is 0.174 e. The zero-order valence-electron chi connectivity index (χ0n) is 16.6. The van der Waals surface area contributed by atoms with Crippen molar-refractivity contribution < 1.29 is 0 Å². The van der Waals surface area contributed by atoms with Gasteiger partial charge in [-0.1, -0.05) is 23.7 Å². The number of halogens is 1. The smallest absolute Gasteiger partial charge is 0.174 e. The van der Waals surface area contributed by atoms with E-state index in [0.29, 0.717) is 10.1 Å². The van der Waals surface area contributed by atoms with E-state index in [1.54, 1.807) is 6.20 Å². The number of benzene rings is 1. The third-order valence-corrected chi connectivity index (χ3v) is 6.01. The molecule has 3 aromatic heterocycles. The van der Waals surface area contributed by atoms with E-state index >= 15 is 0 Å². The van der Waals surface area contributed by atoms with Gasteiger partial charge in [0.1, 0.15) is 6.04 Å². The fourth-order valence-electron chi connectivity index (χ4n) is 4.06. The SMILES string of the molecule is S=C1N[C@@H](c2ccccn2)[C@@H](c2cccn2Cc2cccnc2)N1c1ccc(Cl)cc1. The van der Waals surface area contributed by atoms with Crippen molar-refractivity contribution in [2.75, 3.05) is 4.90 Å². The van der Waals surface area contributed by atoms with Crippen molar-refractivity contribution in [1.82, 2.24) is 19.9 Å². The monoisotopic (exact) mass is 445 g/mol. The molecule has 0 amide bonds. The highest BCUT2D eigenvalue weighted by molar-refractivity contribution is 7.80. The Morgan fingerprint density at radius 1 is 0.968 bits per heavy atom. The summed E-state index contributed by atoms with van der Waals surface area (Å²) in [5.41, 5.74) is 4.21. The van der Waals surface area contributed by atoms with E-state index in [9.17, 15) is 0 Å². The molecule has 1 fully saturated rings. The predicted octanol–water partition coefficient (Wildman–Crippen LogP) is 5.16. The lowest BCUT2D eigenvalue weighted by Gasteiger charge is -2.29. The number of anilines is 1. The third kappa shape index (κ3) is 3.92. The number of pyridine rings is 2. The van der Waals surface area contributed by atoms with Crippen molar-refractivity contribution in [2.45, 2.75) is 18.6 Å². The Bertz CT molecular complexity index is 1180. The van der Waals surface area contributed by atoms with Crippen LogP contribution in [0.3, 0.4) is 0 Å². The van der Waals surface area contributed by atoms with Crippen LogP contribution in [0.2, 0.25) is 5.02 Å². The van der Waals surface area contributed by atoms with Gasteiger partial charge < -0.3 is 14.8 Å². The Morgan fingerprint density at radius 2 is 1.84 bits per heavy atom. The maximum atomic E-state index is 6.14. The summed E-state index contributed by atoms with van der Waals surface area (Å²) in [6.07, 6.45) is 7.60. The highest BCUT2D eigenvalue weighted by Crippen LogP contribution is 2.41. The Labute approximate surface area is 191 Å². The minimum Gasteiger partial charge on any atom is -0.351 e. The molecule has 31 heavy (non-hydrogen) atoms. The van der Waals surface area contributed by atoms with Crippen molar-refractivity contribution in [2.24, 2.45) is 0 Å². The largest absolute Gasteiger partial charge is 0.351 e. The zero-order valence-corrected chi connectivity index (χ0v) is 18.2. The first-order valence-electron chi connectivity index (χ1n) is 10.0. The van der Waals surface area contributed by atoms with Gasteiger partial charge in [0.25, 0.3) is 0 Å². The molecule has 1 aliphatic rings. The summed E-state index contributed by atoms with van der Waals surface area (Å²) in [5, 5.41) is 4.86. The molecule has 154 valence electrons. The molecular formula is C24H20ClN5S. The summed E-state index contributed by atoms with van der Waals surface area (Å²) >= 11 is 11.9. The third-order valence-electron chi connectivity index (χ3n) is 5.45. The standard InChI is InChI=1S/C24H20ClN5S/c25-18-8-10-19(11-9-18)30-23(22(28-24(30)31)20-6-1-2-13-27-20)21-7-4-14-29(21)16-17-5-3-12-26-15-17/h1-15,22-23H,16H2,(H,28,31)/t22-,23+/m0/s1. The van der Waals surface area contributed by atoms with E-state index in [0.717, 1.165) is 29.2 Å². The summed E-state index contributed by atoms with van der Waals surface area (Å²) in [4.78, 5) is 11.0. The van der Waals surface area contributed by atoms with Crippen molar-refractivity contribution in [3.63, 3.8) is 0 Å². The van der Waals surface area contributed by atoms with Crippen molar-refractivity contribution in [3.05, 3.63) is 113 Å². The van der Waals surface area contributed by atoms with E-state index in [2.05, 4.69) is 49.1 Å². The highest BCUT2D eigenvalue weighted by atomic mass is 35.5. The lowest BCUT2D eigenvalue weighted by atomic mass is 10.0. The molecule has 0 radical (unpaired) electrons. The van der Waals surface area contributed by atoms with Crippen LogP contribution in [0.5, 0.6) is 0 Å². The van der Waals surface area contributed by atoms with Gasteiger partial charge in [0, 0.05) is 47.7 Å². The van der Waals surface area contributed by atoms with Gasteiger partial charge in [-0.15, -0.1) is 0 Å². The zero-order chi connectivity index (χ0) is 21.2. The molecule has 0 bridgehead atoms. The summed E-state index contributed by atoms with van der Waals surface area (Å²) in [6, 6.07) is 21.8. The van der Waals surface area contributed by atoms with Crippen LogP contribution in [0.25, 0.3) is 0 Å². The maximum absolute atomic E-state index is 6.14. The normalized spacial score (nSPS) is 18.2. The number of hydrogen-bond donors (Lipinski definition) is 1. The van der Waals surface area contributed by atoms with Gasteiger partial charge in [-0.2, -0.15) is 0 Å². The van der Waals surface area contributed by atoms with Crippen LogP contribution in [-0.2, 0) is 6.54 Å². The summed E-state index contributed by atoms with van der Waals surface area (Å²) < 4.78 is 2.25. The minimum atomic E-state index is -0.0908. The molecule has 1 aliphatic heterocycles. The molecule has 0 unspecified atom stereocenters. The van der Waals surface area contributed by atoms with Crippen LogP contribution in [0.1, 0.15) is 29.0 Å². The van der Waals surface area contributed by atoms with Crippen LogP contribution in [0.15, 0.2) is 91.5 Å². The Balaban J connectivity index is 1.60. The molecule has 4 aromatic rings. The topological polar surface area (TPSA) is 46.0 Å².